The van der Waals surface area contributed by atoms with Gasteiger partial charge in [-0.05, 0) is 13.1 Å². The number of rotatable bonds is 6. The summed E-state index contributed by atoms with van der Waals surface area (Å²) in [6.07, 6.45) is 3.65. The van der Waals surface area contributed by atoms with Crippen molar-refractivity contribution in [2.24, 2.45) is 0 Å². The number of hydrogen-bond acceptors (Lipinski definition) is 2. The van der Waals surface area contributed by atoms with Crippen LogP contribution in [0.15, 0.2) is 25.3 Å². The molecule has 0 atom stereocenters. The molecule has 0 unspecified atom stereocenters. The average molecular weight is 170 g/mol. The van der Waals surface area contributed by atoms with E-state index in [1.54, 1.807) is 0 Å². The van der Waals surface area contributed by atoms with E-state index in [0.29, 0.717) is 0 Å². The summed E-state index contributed by atoms with van der Waals surface area (Å²) in [5, 5.41) is 6.16. The molecule has 0 aliphatic rings. The van der Waals surface area contributed by atoms with E-state index in [1.165, 1.54) is 0 Å². The van der Waals surface area contributed by atoms with Crippen LogP contribution in [0.4, 0.5) is 0 Å². The van der Waals surface area contributed by atoms with Gasteiger partial charge in [-0.15, -0.1) is 13.2 Å². The minimum atomic E-state index is 0.867. The zero-order valence-corrected chi connectivity index (χ0v) is 8.40. The molecule has 0 amide bonds. The molecule has 0 saturated heterocycles. The largest absolute Gasteiger partial charge is 0.317 e. The summed E-state index contributed by atoms with van der Waals surface area (Å²) in [6.45, 7) is 15.2. The molecule has 0 aromatic carbocycles. The normalized spacial score (nSPS) is 8.17. The predicted molar refractivity (Wildman–Crippen MR) is 57.5 cm³/mol. The topological polar surface area (TPSA) is 24.1 Å². The van der Waals surface area contributed by atoms with Gasteiger partial charge in [0, 0.05) is 13.1 Å². The molecule has 0 saturated carbocycles. The molecule has 2 heteroatoms. The fourth-order valence-corrected chi connectivity index (χ4v) is 0.537. The summed E-state index contributed by atoms with van der Waals surface area (Å²) < 4.78 is 0. The Balaban J connectivity index is 0. The Labute approximate surface area is 76.8 Å². The van der Waals surface area contributed by atoms with Crippen molar-refractivity contribution in [2.45, 2.75) is 13.8 Å². The summed E-state index contributed by atoms with van der Waals surface area (Å²) in [6, 6.07) is 0. The van der Waals surface area contributed by atoms with Crippen LogP contribution in [0.1, 0.15) is 13.8 Å². The molecule has 12 heavy (non-hydrogen) atoms. The second kappa shape index (κ2) is 16.8. The molecule has 0 rings (SSSR count). The van der Waals surface area contributed by atoms with E-state index >= 15 is 0 Å². The Bertz CT molecular complexity index is 79.8. The highest BCUT2D eigenvalue weighted by atomic mass is 14.8. The maximum Gasteiger partial charge on any atom is 0.0135 e. The highest BCUT2D eigenvalue weighted by molar-refractivity contribution is 4.75. The highest BCUT2D eigenvalue weighted by Gasteiger charge is 1.69. The summed E-state index contributed by atoms with van der Waals surface area (Å²) in [4.78, 5) is 0. The van der Waals surface area contributed by atoms with Gasteiger partial charge in [-0.2, -0.15) is 0 Å². The van der Waals surface area contributed by atoms with Crippen LogP contribution in [0.3, 0.4) is 0 Å². The second-order valence-corrected chi connectivity index (χ2v) is 2.19. The molecule has 0 aliphatic carbocycles. The van der Waals surface area contributed by atoms with E-state index in [4.69, 9.17) is 0 Å². The van der Waals surface area contributed by atoms with E-state index in [-0.39, 0.29) is 0 Å². The quantitative estimate of drug-likeness (QED) is 0.467. The van der Waals surface area contributed by atoms with E-state index in [1.807, 2.05) is 12.2 Å². The van der Waals surface area contributed by atoms with Gasteiger partial charge in [0.2, 0.25) is 0 Å². The van der Waals surface area contributed by atoms with Crippen molar-refractivity contribution in [1.29, 1.82) is 0 Å². The molecule has 0 aliphatic heterocycles. The predicted octanol–water partition coefficient (Wildman–Crippen LogP) is 1.56. The standard InChI is InChI=1S/C6H11N.C4H11N/c1-3-5-7-6-4-2;1-3-5-4-2/h3-4,7H,1-2,5-6H2;5H,3-4H2,1-2H3. The first-order valence-electron chi connectivity index (χ1n) is 4.46. The summed E-state index contributed by atoms with van der Waals surface area (Å²) >= 11 is 0. The lowest BCUT2D eigenvalue weighted by Gasteiger charge is -1.90. The molecule has 0 spiro atoms. The van der Waals surface area contributed by atoms with Crippen LogP contribution in [0.25, 0.3) is 0 Å². The van der Waals surface area contributed by atoms with Crippen molar-refractivity contribution >= 4 is 0 Å². The Hall–Kier alpha value is -0.600. The molecular weight excluding hydrogens is 148 g/mol. The first-order chi connectivity index (χ1) is 5.83. The van der Waals surface area contributed by atoms with Crippen molar-refractivity contribution in [1.82, 2.24) is 10.6 Å². The smallest absolute Gasteiger partial charge is 0.0135 e. The van der Waals surface area contributed by atoms with E-state index < -0.39 is 0 Å². The monoisotopic (exact) mass is 170 g/mol. The Morgan fingerprint density at radius 3 is 1.50 bits per heavy atom. The first kappa shape index (κ1) is 14.0. The van der Waals surface area contributed by atoms with Gasteiger partial charge in [-0.1, -0.05) is 26.0 Å². The third kappa shape index (κ3) is 22.7. The van der Waals surface area contributed by atoms with Crippen molar-refractivity contribution in [3.05, 3.63) is 25.3 Å². The van der Waals surface area contributed by atoms with Crippen LogP contribution < -0.4 is 10.6 Å². The fourth-order valence-electron chi connectivity index (χ4n) is 0.537. The summed E-state index contributed by atoms with van der Waals surface area (Å²) in [5.74, 6) is 0. The molecule has 0 bridgehead atoms. The van der Waals surface area contributed by atoms with Gasteiger partial charge in [-0.25, -0.2) is 0 Å². The molecule has 2 nitrogen and oxygen atoms in total. The van der Waals surface area contributed by atoms with Crippen LogP contribution in [-0.2, 0) is 0 Å². The second-order valence-electron chi connectivity index (χ2n) is 2.19. The van der Waals surface area contributed by atoms with Crippen LogP contribution in [0.5, 0.6) is 0 Å². The zero-order valence-electron chi connectivity index (χ0n) is 8.40. The number of hydrogen-bond donors (Lipinski definition) is 2. The minimum absolute atomic E-state index is 0.867. The van der Waals surface area contributed by atoms with E-state index in [2.05, 4.69) is 37.6 Å². The Kier molecular flexibility index (Phi) is 19.5. The summed E-state index contributed by atoms with van der Waals surface area (Å²) in [5.41, 5.74) is 0. The van der Waals surface area contributed by atoms with Crippen molar-refractivity contribution < 1.29 is 0 Å². The van der Waals surface area contributed by atoms with Gasteiger partial charge < -0.3 is 10.6 Å². The molecule has 0 heterocycles. The maximum absolute atomic E-state index is 3.54. The lowest BCUT2D eigenvalue weighted by atomic mass is 10.5. The third-order valence-corrected chi connectivity index (χ3v) is 1.08. The van der Waals surface area contributed by atoms with Gasteiger partial charge in [-0.3, -0.25) is 0 Å². The number of nitrogens with one attached hydrogen (secondary N) is 2. The lowest BCUT2D eigenvalue weighted by Crippen LogP contribution is -2.11. The molecule has 0 aromatic heterocycles. The van der Waals surface area contributed by atoms with Gasteiger partial charge in [0.1, 0.15) is 0 Å². The Morgan fingerprint density at radius 1 is 0.917 bits per heavy atom. The van der Waals surface area contributed by atoms with E-state index in [9.17, 15) is 0 Å². The molecule has 0 fully saturated rings. The Morgan fingerprint density at radius 2 is 1.33 bits per heavy atom. The fraction of sp³-hybridized carbons (Fsp3) is 0.600. The van der Waals surface area contributed by atoms with Gasteiger partial charge >= 0.3 is 0 Å². The molecular formula is C10H22N2. The van der Waals surface area contributed by atoms with Crippen molar-refractivity contribution in [2.75, 3.05) is 26.2 Å². The zero-order chi connectivity index (χ0) is 9.66. The van der Waals surface area contributed by atoms with E-state index in [0.717, 1.165) is 26.2 Å². The SMILES string of the molecule is C=CCNCC=C.CCNCC. The van der Waals surface area contributed by atoms with Crippen LogP contribution in [0.2, 0.25) is 0 Å². The van der Waals surface area contributed by atoms with Crippen molar-refractivity contribution in [3.8, 4) is 0 Å². The van der Waals surface area contributed by atoms with Crippen LogP contribution in [0, 0.1) is 0 Å². The molecule has 2 N–H and O–H groups in total. The average Bonchev–Trinajstić information content (AvgIpc) is 2.08. The first-order valence-corrected chi connectivity index (χ1v) is 4.46. The summed E-state index contributed by atoms with van der Waals surface area (Å²) in [7, 11) is 0. The van der Waals surface area contributed by atoms with Gasteiger partial charge in [0.25, 0.3) is 0 Å². The minimum Gasteiger partial charge on any atom is -0.317 e. The third-order valence-electron chi connectivity index (χ3n) is 1.08. The van der Waals surface area contributed by atoms with Gasteiger partial charge in [0.15, 0.2) is 0 Å². The highest BCUT2D eigenvalue weighted by Crippen LogP contribution is 1.59. The molecule has 0 aromatic rings. The van der Waals surface area contributed by atoms with Crippen molar-refractivity contribution in [3.63, 3.8) is 0 Å². The van der Waals surface area contributed by atoms with Crippen LogP contribution in [-0.4, -0.2) is 26.2 Å². The molecule has 72 valence electrons. The lowest BCUT2D eigenvalue weighted by molar-refractivity contribution is 0.762. The van der Waals surface area contributed by atoms with Crippen LogP contribution >= 0.6 is 0 Å². The van der Waals surface area contributed by atoms with Gasteiger partial charge in [0.05, 0.1) is 0 Å². The molecule has 0 radical (unpaired) electrons. The maximum atomic E-state index is 3.54.